The van der Waals surface area contributed by atoms with Crippen molar-refractivity contribution in [3.63, 3.8) is 0 Å². The number of methoxy groups -OCH3 is 1. The topological polar surface area (TPSA) is 51.9 Å². The van der Waals surface area contributed by atoms with Gasteiger partial charge in [0.25, 0.3) is 0 Å². The molecule has 1 saturated carbocycles. The van der Waals surface area contributed by atoms with Gasteiger partial charge in [-0.25, -0.2) is 18.2 Å². The van der Waals surface area contributed by atoms with Crippen molar-refractivity contribution < 1.29 is 22.7 Å². The zero-order valence-electron chi connectivity index (χ0n) is 19.8. The smallest absolute Gasteiger partial charge is 0.194 e. The van der Waals surface area contributed by atoms with Crippen LogP contribution >= 0.6 is 0 Å². The molecule has 0 radical (unpaired) electrons. The number of likely N-dealkylation sites (N-methyl/N-ethyl adjacent to an activating group) is 1. The Morgan fingerprint density at radius 1 is 1.09 bits per heavy atom. The van der Waals surface area contributed by atoms with Crippen LogP contribution in [0.25, 0.3) is 11.8 Å². The molecule has 2 aromatic carbocycles. The number of rotatable bonds is 5. The lowest BCUT2D eigenvalue weighted by Crippen LogP contribution is -2.39. The zero-order valence-corrected chi connectivity index (χ0v) is 19.8. The van der Waals surface area contributed by atoms with Gasteiger partial charge in [0.05, 0.1) is 31.4 Å². The van der Waals surface area contributed by atoms with Crippen LogP contribution in [0, 0.1) is 30.3 Å². The van der Waals surface area contributed by atoms with Crippen LogP contribution in [0.15, 0.2) is 60.2 Å². The predicted molar refractivity (Wildman–Crippen MR) is 128 cm³/mol. The number of imidazole rings is 1. The summed E-state index contributed by atoms with van der Waals surface area (Å²) in [6, 6.07) is 8.93. The number of aromatic nitrogens is 2. The van der Waals surface area contributed by atoms with Gasteiger partial charge in [0.1, 0.15) is 11.9 Å². The molecule has 6 nitrogen and oxygen atoms in total. The van der Waals surface area contributed by atoms with E-state index in [0.717, 1.165) is 53.3 Å². The lowest BCUT2D eigenvalue weighted by atomic mass is 10.1. The maximum Gasteiger partial charge on any atom is 0.194 e. The van der Waals surface area contributed by atoms with Gasteiger partial charge in [-0.05, 0) is 55.7 Å². The van der Waals surface area contributed by atoms with Crippen molar-refractivity contribution in [3.05, 3.63) is 83.7 Å². The molecule has 5 rings (SSSR count). The quantitative estimate of drug-likeness (QED) is 0.458. The van der Waals surface area contributed by atoms with Gasteiger partial charge >= 0.3 is 0 Å². The Kier molecular flexibility index (Phi) is 7.43. The lowest BCUT2D eigenvalue weighted by molar-refractivity contribution is 0.0128. The summed E-state index contributed by atoms with van der Waals surface area (Å²) in [5, 5.41) is 4.29. The third-order valence-electron chi connectivity index (χ3n) is 5.80. The summed E-state index contributed by atoms with van der Waals surface area (Å²) < 4.78 is 43.4. The normalized spacial score (nSPS) is 17.5. The van der Waals surface area contributed by atoms with E-state index in [0.29, 0.717) is 5.92 Å². The Hall–Kier alpha value is -3.75. The molecule has 1 unspecified atom stereocenters. The standard InChI is InChI=1S/C20H24N4O2.C6H3F3/c1-14-11-24(13-21-14)17-8-4-15(10-18(17)25-3)5-9-20-22-26-19(12-23(20)2)16-6-7-16;7-4-2-1-3-5(8)6(4)9/h4-5,8-11,13,16,19H,6-7,12H2,1-3H3;1-3H/b9-5+;. The molecule has 1 fully saturated rings. The first-order valence-corrected chi connectivity index (χ1v) is 11.3. The molecular weight excluding hydrogens is 457 g/mol. The predicted octanol–water partition coefficient (Wildman–Crippen LogP) is 5.36. The van der Waals surface area contributed by atoms with Crippen LogP contribution in [-0.4, -0.2) is 47.1 Å². The van der Waals surface area contributed by atoms with Crippen LogP contribution in [0.1, 0.15) is 24.1 Å². The van der Waals surface area contributed by atoms with Crippen molar-refractivity contribution in [2.45, 2.75) is 25.9 Å². The van der Waals surface area contributed by atoms with E-state index in [1.165, 1.54) is 12.8 Å². The minimum absolute atomic E-state index is 0.246. The molecule has 1 aliphatic carbocycles. The second kappa shape index (κ2) is 10.7. The van der Waals surface area contributed by atoms with Crippen LogP contribution in [0.3, 0.4) is 0 Å². The molecule has 2 heterocycles. The molecule has 35 heavy (non-hydrogen) atoms. The summed E-state index contributed by atoms with van der Waals surface area (Å²) in [4.78, 5) is 12.1. The molecule has 0 saturated heterocycles. The Morgan fingerprint density at radius 3 is 2.40 bits per heavy atom. The Bertz CT molecular complexity index is 1220. The minimum atomic E-state index is -1.42. The fraction of sp³-hybridized carbons (Fsp3) is 0.308. The van der Waals surface area contributed by atoms with Gasteiger partial charge in [-0.15, -0.1) is 0 Å². The number of ether oxygens (including phenoxy) is 1. The third kappa shape index (κ3) is 6.03. The largest absolute Gasteiger partial charge is 0.495 e. The van der Waals surface area contributed by atoms with Crippen molar-refractivity contribution in [1.29, 1.82) is 0 Å². The molecule has 0 bridgehead atoms. The first kappa shape index (κ1) is 24.4. The molecule has 0 amide bonds. The van der Waals surface area contributed by atoms with Crippen LogP contribution in [0.2, 0.25) is 0 Å². The summed E-state index contributed by atoms with van der Waals surface area (Å²) in [5.41, 5.74) is 2.98. The van der Waals surface area contributed by atoms with Crippen molar-refractivity contribution in [3.8, 4) is 11.4 Å². The highest BCUT2D eigenvalue weighted by atomic mass is 19.2. The van der Waals surface area contributed by atoms with E-state index >= 15 is 0 Å². The second-order valence-corrected chi connectivity index (χ2v) is 8.53. The number of benzene rings is 2. The van der Waals surface area contributed by atoms with Crippen molar-refractivity contribution in [1.82, 2.24) is 14.5 Å². The summed E-state index contributed by atoms with van der Waals surface area (Å²) in [6.45, 7) is 2.87. The summed E-state index contributed by atoms with van der Waals surface area (Å²) >= 11 is 0. The Labute approximate surface area is 202 Å². The van der Waals surface area contributed by atoms with Gasteiger partial charge in [-0.3, -0.25) is 0 Å². The molecule has 0 spiro atoms. The molecule has 2 aliphatic rings. The average Bonchev–Trinajstić information content (AvgIpc) is 3.62. The summed E-state index contributed by atoms with van der Waals surface area (Å²) in [6.07, 6.45) is 10.6. The number of nitrogens with zero attached hydrogens (tertiary/aromatic N) is 4. The summed E-state index contributed by atoms with van der Waals surface area (Å²) in [7, 11) is 3.74. The number of hydrogen-bond donors (Lipinski definition) is 0. The minimum Gasteiger partial charge on any atom is -0.495 e. The molecular formula is C26H27F3N4O2. The SMILES string of the molecule is COc1cc(/C=C/C2=NOC(C3CC3)CN2C)ccc1-n1cnc(C)c1.Fc1cccc(F)c1F. The van der Waals surface area contributed by atoms with Gasteiger partial charge in [-0.2, -0.15) is 0 Å². The van der Waals surface area contributed by atoms with E-state index in [4.69, 9.17) is 9.57 Å². The van der Waals surface area contributed by atoms with Gasteiger partial charge in [0.15, 0.2) is 23.3 Å². The summed E-state index contributed by atoms with van der Waals surface area (Å²) in [5.74, 6) is -1.40. The van der Waals surface area contributed by atoms with Gasteiger partial charge in [-0.1, -0.05) is 23.4 Å². The number of halogens is 3. The maximum atomic E-state index is 12.0. The lowest BCUT2D eigenvalue weighted by Gasteiger charge is -2.28. The first-order valence-electron chi connectivity index (χ1n) is 11.3. The highest BCUT2D eigenvalue weighted by Crippen LogP contribution is 2.35. The molecule has 3 aromatic rings. The van der Waals surface area contributed by atoms with E-state index in [-0.39, 0.29) is 6.10 Å². The second-order valence-electron chi connectivity index (χ2n) is 8.53. The van der Waals surface area contributed by atoms with E-state index in [2.05, 4.69) is 28.2 Å². The molecule has 184 valence electrons. The van der Waals surface area contributed by atoms with Crippen LogP contribution < -0.4 is 4.74 Å². The van der Waals surface area contributed by atoms with Crippen LogP contribution in [-0.2, 0) is 4.84 Å². The van der Waals surface area contributed by atoms with E-state index in [1.807, 2.05) is 42.0 Å². The number of hydrogen-bond acceptors (Lipinski definition) is 5. The zero-order chi connectivity index (χ0) is 24.9. The monoisotopic (exact) mass is 484 g/mol. The highest BCUT2D eigenvalue weighted by molar-refractivity contribution is 5.96. The van der Waals surface area contributed by atoms with Crippen molar-refractivity contribution >= 4 is 11.9 Å². The Balaban J connectivity index is 0.000000271. The molecule has 1 aromatic heterocycles. The molecule has 0 N–H and O–H groups in total. The van der Waals surface area contributed by atoms with Crippen molar-refractivity contribution in [2.75, 3.05) is 20.7 Å². The maximum absolute atomic E-state index is 12.0. The van der Waals surface area contributed by atoms with E-state index < -0.39 is 17.5 Å². The Morgan fingerprint density at radius 2 is 1.83 bits per heavy atom. The van der Waals surface area contributed by atoms with Gasteiger partial charge in [0.2, 0.25) is 0 Å². The fourth-order valence-electron chi connectivity index (χ4n) is 3.66. The van der Waals surface area contributed by atoms with Gasteiger partial charge < -0.3 is 19.0 Å². The molecule has 1 aliphatic heterocycles. The molecule has 9 heteroatoms. The van der Waals surface area contributed by atoms with E-state index in [1.54, 1.807) is 13.4 Å². The first-order chi connectivity index (χ1) is 16.9. The number of aryl methyl sites for hydroxylation is 1. The number of oxime groups is 1. The van der Waals surface area contributed by atoms with Crippen LogP contribution in [0.4, 0.5) is 13.2 Å². The van der Waals surface area contributed by atoms with Crippen molar-refractivity contribution in [2.24, 2.45) is 11.1 Å². The van der Waals surface area contributed by atoms with Crippen LogP contribution in [0.5, 0.6) is 5.75 Å². The van der Waals surface area contributed by atoms with Gasteiger partial charge in [0, 0.05) is 19.2 Å². The fourth-order valence-corrected chi connectivity index (χ4v) is 3.66. The number of amidine groups is 1. The molecule has 1 atom stereocenters. The van der Waals surface area contributed by atoms with E-state index in [9.17, 15) is 13.2 Å². The third-order valence-corrected chi connectivity index (χ3v) is 5.80. The highest BCUT2D eigenvalue weighted by Gasteiger charge is 2.36. The average molecular weight is 485 g/mol.